The summed E-state index contributed by atoms with van der Waals surface area (Å²) in [6.45, 7) is 2.15. The predicted molar refractivity (Wildman–Crippen MR) is 71.2 cm³/mol. The number of ether oxygens (including phenoxy) is 1. The lowest BCUT2D eigenvalue weighted by molar-refractivity contribution is -0.147. The fourth-order valence-electron chi connectivity index (χ4n) is 2.06. The van der Waals surface area contributed by atoms with Gasteiger partial charge >= 0.3 is 5.97 Å². The lowest BCUT2D eigenvalue weighted by atomic mass is 10.1. The Morgan fingerprint density at radius 1 is 1.58 bits per heavy atom. The van der Waals surface area contributed by atoms with Crippen molar-refractivity contribution in [1.29, 1.82) is 0 Å². The molecule has 19 heavy (non-hydrogen) atoms. The fraction of sp³-hybridized carbons (Fsp3) is 0.385. The molecule has 102 valence electrons. The van der Waals surface area contributed by atoms with Crippen molar-refractivity contribution < 1.29 is 18.7 Å². The molecule has 0 bridgehead atoms. The largest absolute Gasteiger partial charge is 0.466 e. The van der Waals surface area contributed by atoms with E-state index in [1.807, 2.05) is 0 Å². The fourth-order valence-corrected chi connectivity index (χ4v) is 2.39. The van der Waals surface area contributed by atoms with E-state index in [4.69, 9.17) is 4.74 Å². The average Bonchev–Trinajstić information content (AvgIpc) is 2.72. The second-order valence-electron chi connectivity index (χ2n) is 4.25. The summed E-state index contributed by atoms with van der Waals surface area (Å²) in [6, 6.07) is 4.47. The molecule has 0 spiro atoms. The maximum atomic E-state index is 13.8. The Hall–Kier alpha value is -1.43. The Kier molecular flexibility index (Phi) is 4.19. The lowest BCUT2D eigenvalue weighted by Crippen LogP contribution is -2.27. The summed E-state index contributed by atoms with van der Waals surface area (Å²) in [4.78, 5) is 24.8. The highest BCUT2D eigenvalue weighted by Gasteiger charge is 2.36. The molecule has 0 aliphatic carbocycles. The number of hydrogen-bond donors (Lipinski definition) is 0. The molecule has 0 saturated carbocycles. The zero-order valence-electron chi connectivity index (χ0n) is 10.4. The zero-order chi connectivity index (χ0) is 14.0. The van der Waals surface area contributed by atoms with Gasteiger partial charge in [0.2, 0.25) is 5.91 Å². The third-order valence-electron chi connectivity index (χ3n) is 2.95. The first-order chi connectivity index (χ1) is 9.02. The third-order valence-corrected chi connectivity index (χ3v) is 3.44. The summed E-state index contributed by atoms with van der Waals surface area (Å²) in [5.74, 6) is -1.68. The number of nitrogens with zero attached hydrogens (tertiary/aromatic N) is 1. The number of benzene rings is 1. The highest BCUT2D eigenvalue weighted by atomic mass is 79.9. The van der Waals surface area contributed by atoms with Crippen LogP contribution in [0.4, 0.5) is 10.1 Å². The SMILES string of the molecule is CCOC(=O)C1CC(=O)N(c2ccc(Br)cc2F)C1. The molecule has 6 heteroatoms. The molecule has 1 unspecified atom stereocenters. The topological polar surface area (TPSA) is 46.6 Å². The van der Waals surface area contributed by atoms with E-state index in [2.05, 4.69) is 15.9 Å². The lowest BCUT2D eigenvalue weighted by Gasteiger charge is -2.17. The van der Waals surface area contributed by atoms with Crippen LogP contribution in [-0.4, -0.2) is 25.0 Å². The van der Waals surface area contributed by atoms with Crippen LogP contribution in [-0.2, 0) is 14.3 Å². The molecule has 4 nitrogen and oxygen atoms in total. The molecule has 1 saturated heterocycles. The molecule has 1 aromatic carbocycles. The Labute approximate surface area is 118 Å². The summed E-state index contributed by atoms with van der Waals surface area (Å²) in [5, 5.41) is 0. The Morgan fingerprint density at radius 2 is 2.32 bits per heavy atom. The monoisotopic (exact) mass is 329 g/mol. The molecule has 1 heterocycles. The summed E-state index contributed by atoms with van der Waals surface area (Å²) >= 11 is 3.16. The minimum Gasteiger partial charge on any atom is -0.466 e. The van der Waals surface area contributed by atoms with Crippen molar-refractivity contribution in [2.45, 2.75) is 13.3 Å². The average molecular weight is 330 g/mol. The van der Waals surface area contributed by atoms with Crippen molar-refractivity contribution in [1.82, 2.24) is 0 Å². The normalized spacial score (nSPS) is 18.8. The van der Waals surface area contributed by atoms with E-state index in [1.54, 1.807) is 13.0 Å². The first kappa shape index (κ1) is 14.0. The maximum Gasteiger partial charge on any atom is 0.311 e. The number of rotatable bonds is 3. The zero-order valence-corrected chi connectivity index (χ0v) is 11.9. The van der Waals surface area contributed by atoms with Gasteiger partial charge in [-0.3, -0.25) is 9.59 Å². The molecule has 1 aromatic rings. The summed E-state index contributed by atoms with van der Waals surface area (Å²) in [6.07, 6.45) is 0.0638. The minimum atomic E-state index is -0.518. The maximum absolute atomic E-state index is 13.8. The van der Waals surface area contributed by atoms with Gasteiger partial charge < -0.3 is 9.64 Å². The van der Waals surface area contributed by atoms with Gasteiger partial charge in [-0.25, -0.2) is 4.39 Å². The van der Waals surface area contributed by atoms with Gasteiger partial charge in [0.1, 0.15) is 5.82 Å². The molecule has 1 atom stereocenters. The van der Waals surface area contributed by atoms with E-state index in [0.717, 1.165) is 0 Å². The van der Waals surface area contributed by atoms with Crippen LogP contribution in [0.3, 0.4) is 0 Å². The van der Waals surface area contributed by atoms with Crippen LogP contribution >= 0.6 is 15.9 Å². The molecule has 1 amide bonds. The van der Waals surface area contributed by atoms with Crippen LogP contribution in [0.1, 0.15) is 13.3 Å². The van der Waals surface area contributed by atoms with Crippen LogP contribution in [0.15, 0.2) is 22.7 Å². The molecule has 0 aromatic heterocycles. The van der Waals surface area contributed by atoms with Crippen LogP contribution < -0.4 is 4.90 Å². The van der Waals surface area contributed by atoms with Gasteiger partial charge in [-0.1, -0.05) is 15.9 Å². The first-order valence-corrected chi connectivity index (χ1v) is 6.74. The standard InChI is InChI=1S/C13H13BrFNO3/c1-2-19-13(18)8-5-12(17)16(7-8)11-4-3-9(14)6-10(11)15/h3-4,6,8H,2,5,7H2,1H3. The number of anilines is 1. The van der Waals surface area contributed by atoms with Crippen LogP contribution in [0.25, 0.3) is 0 Å². The van der Waals surface area contributed by atoms with E-state index in [0.29, 0.717) is 4.47 Å². The van der Waals surface area contributed by atoms with Crippen molar-refractivity contribution in [3.05, 3.63) is 28.5 Å². The van der Waals surface area contributed by atoms with Gasteiger partial charge in [-0.15, -0.1) is 0 Å². The molecule has 0 radical (unpaired) electrons. The van der Waals surface area contributed by atoms with Crippen molar-refractivity contribution in [3.63, 3.8) is 0 Å². The van der Waals surface area contributed by atoms with Crippen molar-refractivity contribution >= 4 is 33.5 Å². The van der Waals surface area contributed by atoms with Gasteiger partial charge in [0, 0.05) is 17.4 Å². The van der Waals surface area contributed by atoms with Crippen molar-refractivity contribution in [2.75, 3.05) is 18.1 Å². The van der Waals surface area contributed by atoms with E-state index >= 15 is 0 Å². The van der Waals surface area contributed by atoms with Crippen molar-refractivity contribution in [3.8, 4) is 0 Å². The number of amides is 1. The van der Waals surface area contributed by atoms with E-state index < -0.39 is 17.7 Å². The second-order valence-corrected chi connectivity index (χ2v) is 5.17. The molecule has 1 aliphatic heterocycles. The Balaban J connectivity index is 2.18. The van der Waals surface area contributed by atoms with Gasteiger partial charge in [-0.2, -0.15) is 0 Å². The van der Waals surface area contributed by atoms with Crippen LogP contribution in [0.5, 0.6) is 0 Å². The van der Waals surface area contributed by atoms with Gasteiger partial charge in [-0.05, 0) is 25.1 Å². The molecule has 1 aliphatic rings. The smallest absolute Gasteiger partial charge is 0.311 e. The molecule has 2 rings (SSSR count). The molecular formula is C13H13BrFNO3. The second kappa shape index (κ2) is 5.69. The number of esters is 1. The Bertz CT molecular complexity index is 521. The number of carbonyl (C=O) groups excluding carboxylic acids is 2. The summed E-state index contributed by atoms with van der Waals surface area (Å²) < 4.78 is 19.3. The van der Waals surface area contributed by atoms with Gasteiger partial charge in [0.05, 0.1) is 18.2 Å². The highest BCUT2D eigenvalue weighted by Crippen LogP contribution is 2.29. The molecule has 1 fully saturated rings. The number of halogens is 2. The number of carbonyl (C=O) groups is 2. The first-order valence-electron chi connectivity index (χ1n) is 5.95. The molecular weight excluding hydrogens is 317 g/mol. The van der Waals surface area contributed by atoms with E-state index in [9.17, 15) is 14.0 Å². The minimum absolute atomic E-state index is 0.0638. The number of hydrogen-bond acceptors (Lipinski definition) is 3. The summed E-state index contributed by atoms with van der Waals surface area (Å²) in [7, 11) is 0. The van der Waals surface area contributed by atoms with Gasteiger partial charge in [0.15, 0.2) is 0 Å². The molecule has 0 N–H and O–H groups in total. The summed E-state index contributed by atoms with van der Waals surface area (Å²) in [5.41, 5.74) is 0.194. The van der Waals surface area contributed by atoms with E-state index in [-0.39, 0.29) is 31.2 Å². The van der Waals surface area contributed by atoms with Gasteiger partial charge in [0.25, 0.3) is 0 Å². The Morgan fingerprint density at radius 3 is 2.95 bits per heavy atom. The van der Waals surface area contributed by atoms with E-state index in [1.165, 1.54) is 17.0 Å². The van der Waals surface area contributed by atoms with Crippen LogP contribution in [0.2, 0.25) is 0 Å². The predicted octanol–water partition coefficient (Wildman–Crippen LogP) is 2.50. The third kappa shape index (κ3) is 2.94. The highest BCUT2D eigenvalue weighted by molar-refractivity contribution is 9.10. The van der Waals surface area contributed by atoms with Crippen molar-refractivity contribution in [2.24, 2.45) is 5.92 Å². The van der Waals surface area contributed by atoms with Crippen LogP contribution in [0, 0.1) is 11.7 Å². The quantitative estimate of drug-likeness (QED) is 0.800.